The zero-order chi connectivity index (χ0) is 7.61. The summed E-state index contributed by atoms with van der Waals surface area (Å²) in [6, 6.07) is 0. The van der Waals surface area contributed by atoms with Gasteiger partial charge in [0.2, 0.25) is 0 Å². The van der Waals surface area contributed by atoms with Crippen LogP contribution < -0.4 is 0 Å². The van der Waals surface area contributed by atoms with E-state index in [0.29, 0.717) is 11.3 Å². The summed E-state index contributed by atoms with van der Waals surface area (Å²) in [5.74, 6) is 0.627. The minimum atomic E-state index is 0.376. The van der Waals surface area contributed by atoms with Gasteiger partial charge in [0.15, 0.2) is 0 Å². The van der Waals surface area contributed by atoms with Gasteiger partial charge in [0.05, 0.1) is 0 Å². The first kappa shape index (κ1) is 7.59. The first-order chi connectivity index (χ1) is 4.60. The summed E-state index contributed by atoms with van der Waals surface area (Å²) in [5, 5.41) is 0. The predicted octanol–water partition coefficient (Wildman–Crippen LogP) is 3.16. The minimum absolute atomic E-state index is 0.376. The van der Waals surface area contributed by atoms with Gasteiger partial charge >= 0.3 is 0 Å². The highest BCUT2D eigenvalue weighted by Gasteiger charge is 2.13. The van der Waals surface area contributed by atoms with Crippen LogP contribution >= 0.6 is 0 Å². The van der Waals surface area contributed by atoms with Gasteiger partial charge in [0, 0.05) is 0 Å². The highest BCUT2D eigenvalue weighted by atomic mass is 14.2. The van der Waals surface area contributed by atoms with Gasteiger partial charge < -0.3 is 0 Å². The molecular weight excluding hydrogens is 120 g/mol. The molecule has 0 aliphatic heterocycles. The third-order valence-electron chi connectivity index (χ3n) is 1.93. The van der Waals surface area contributed by atoms with Crippen molar-refractivity contribution in [3.8, 4) is 0 Å². The van der Waals surface area contributed by atoms with Gasteiger partial charge in [-0.3, -0.25) is 0 Å². The van der Waals surface area contributed by atoms with Gasteiger partial charge in [-0.1, -0.05) is 45.1 Å². The van der Waals surface area contributed by atoms with Crippen LogP contribution in [-0.2, 0) is 0 Å². The van der Waals surface area contributed by atoms with Crippen molar-refractivity contribution in [3.05, 3.63) is 24.3 Å². The van der Waals surface area contributed by atoms with Crippen LogP contribution in [0, 0.1) is 11.3 Å². The lowest BCUT2D eigenvalue weighted by Gasteiger charge is -2.15. The van der Waals surface area contributed by atoms with Gasteiger partial charge in [-0.05, 0) is 17.8 Å². The minimum Gasteiger partial charge on any atom is -0.0871 e. The summed E-state index contributed by atoms with van der Waals surface area (Å²) in [6.45, 7) is 6.76. The van der Waals surface area contributed by atoms with Crippen molar-refractivity contribution in [3.63, 3.8) is 0 Å². The molecule has 56 valence electrons. The number of hydrogen-bond acceptors (Lipinski definition) is 0. The van der Waals surface area contributed by atoms with Gasteiger partial charge in [-0.2, -0.15) is 0 Å². The van der Waals surface area contributed by atoms with E-state index >= 15 is 0 Å². The summed E-state index contributed by atoms with van der Waals surface area (Å²) in [5.41, 5.74) is 0.376. The Morgan fingerprint density at radius 3 is 2.70 bits per heavy atom. The first-order valence-electron chi connectivity index (χ1n) is 3.96. The Morgan fingerprint density at radius 2 is 2.00 bits per heavy atom. The standard InChI is InChI=1S/C10H16/c1-9-5-4-7-10(2,3)8-6-9/h4-6,8-9H,7H2,1-3H3. The fourth-order valence-electron chi connectivity index (χ4n) is 1.13. The highest BCUT2D eigenvalue weighted by Crippen LogP contribution is 2.26. The van der Waals surface area contributed by atoms with E-state index in [0.717, 1.165) is 0 Å². The second-order valence-electron chi connectivity index (χ2n) is 3.84. The largest absolute Gasteiger partial charge is 0.0871 e. The van der Waals surface area contributed by atoms with Crippen LogP contribution in [-0.4, -0.2) is 0 Å². The fraction of sp³-hybridized carbons (Fsp3) is 0.600. The van der Waals surface area contributed by atoms with Gasteiger partial charge in [0.1, 0.15) is 0 Å². The molecule has 0 spiro atoms. The smallest absolute Gasteiger partial charge is 0.00817 e. The molecule has 0 aromatic heterocycles. The molecule has 0 heterocycles. The molecule has 1 atom stereocenters. The third kappa shape index (κ3) is 2.02. The topological polar surface area (TPSA) is 0 Å². The normalized spacial score (nSPS) is 30.1. The average Bonchev–Trinajstić information content (AvgIpc) is 1.94. The first-order valence-corrected chi connectivity index (χ1v) is 3.96. The van der Waals surface area contributed by atoms with Gasteiger partial charge in [0.25, 0.3) is 0 Å². The second-order valence-corrected chi connectivity index (χ2v) is 3.84. The van der Waals surface area contributed by atoms with Gasteiger partial charge in [-0.15, -0.1) is 0 Å². The SMILES string of the molecule is CC1C=CCC(C)(C)C=C1. The maximum Gasteiger partial charge on any atom is -0.00817 e. The Bertz CT molecular complexity index is 161. The van der Waals surface area contributed by atoms with Crippen LogP contribution in [0.2, 0.25) is 0 Å². The van der Waals surface area contributed by atoms with Crippen molar-refractivity contribution < 1.29 is 0 Å². The number of hydrogen-bond donors (Lipinski definition) is 0. The average molecular weight is 136 g/mol. The summed E-state index contributed by atoms with van der Waals surface area (Å²) in [4.78, 5) is 0. The van der Waals surface area contributed by atoms with E-state index < -0.39 is 0 Å². The molecule has 0 aromatic rings. The molecule has 1 unspecified atom stereocenters. The predicted molar refractivity (Wildman–Crippen MR) is 45.8 cm³/mol. The molecule has 0 nitrogen and oxygen atoms in total. The lowest BCUT2D eigenvalue weighted by molar-refractivity contribution is 0.490. The summed E-state index contributed by atoms with van der Waals surface area (Å²) in [6.07, 6.45) is 10.3. The maximum absolute atomic E-state index is 2.32. The van der Waals surface area contributed by atoms with Crippen LogP contribution in [0.3, 0.4) is 0 Å². The fourth-order valence-corrected chi connectivity index (χ4v) is 1.13. The van der Waals surface area contributed by atoms with E-state index in [4.69, 9.17) is 0 Å². The number of rotatable bonds is 0. The quantitative estimate of drug-likeness (QED) is 0.449. The Balaban J connectivity index is 2.72. The molecular formula is C10H16. The molecule has 0 heteroatoms. The zero-order valence-corrected chi connectivity index (χ0v) is 7.09. The lowest BCUT2D eigenvalue weighted by Crippen LogP contribution is -2.03. The molecule has 0 saturated carbocycles. The Labute approximate surface area is 63.6 Å². The van der Waals surface area contributed by atoms with E-state index in [1.165, 1.54) is 6.42 Å². The van der Waals surface area contributed by atoms with Crippen LogP contribution in [0.15, 0.2) is 24.3 Å². The van der Waals surface area contributed by atoms with E-state index in [9.17, 15) is 0 Å². The van der Waals surface area contributed by atoms with E-state index in [1.807, 2.05) is 0 Å². The van der Waals surface area contributed by atoms with Crippen molar-refractivity contribution in [2.45, 2.75) is 27.2 Å². The highest BCUT2D eigenvalue weighted by molar-refractivity contribution is 5.09. The molecule has 0 saturated heterocycles. The third-order valence-corrected chi connectivity index (χ3v) is 1.93. The van der Waals surface area contributed by atoms with E-state index in [2.05, 4.69) is 45.1 Å². The molecule has 0 fully saturated rings. The lowest BCUT2D eigenvalue weighted by atomic mass is 9.90. The molecule has 0 bridgehead atoms. The number of allylic oxidation sites excluding steroid dienone is 4. The molecule has 0 N–H and O–H groups in total. The Hall–Kier alpha value is -0.520. The Morgan fingerprint density at radius 1 is 1.30 bits per heavy atom. The van der Waals surface area contributed by atoms with Crippen LogP contribution in [0.5, 0.6) is 0 Å². The summed E-state index contributed by atoms with van der Waals surface area (Å²) in [7, 11) is 0. The van der Waals surface area contributed by atoms with Crippen molar-refractivity contribution in [1.29, 1.82) is 0 Å². The molecule has 0 amide bonds. The molecule has 10 heavy (non-hydrogen) atoms. The molecule has 0 radical (unpaired) electrons. The van der Waals surface area contributed by atoms with Crippen molar-refractivity contribution >= 4 is 0 Å². The van der Waals surface area contributed by atoms with Crippen LogP contribution in [0.1, 0.15) is 27.2 Å². The summed E-state index contributed by atoms with van der Waals surface area (Å²) < 4.78 is 0. The van der Waals surface area contributed by atoms with E-state index in [-0.39, 0.29) is 0 Å². The van der Waals surface area contributed by atoms with Crippen LogP contribution in [0.25, 0.3) is 0 Å². The molecule has 1 aliphatic carbocycles. The molecule has 1 aliphatic rings. The Kier molecular flexibility index (Phi) is 1.98. The van der Waals surface area contributed by atoms with Gasteiger partial charge in [-0.25, -0.2) is 0 Å². The van der Waals surface area contributed by atoms with Crippen molar-refractivity contribution in [2.75, 3.05) is 0 Å². The van der Waals surface area contributed by atoms with Crippen molar-refractivity contribution in [1.82, 2.24) is 0 Å². The molecule has 0 aromatic carbocycles. The zero-order valence-electron chi connectivity index (χ0n) is 7.09. The van der Waals surface area contributed by atoms with Crippen LogP contribution in [0.4, 0.5) is 0 Å². The second kappa shape index (κ2) is 2.61. The van der Waals surface area contributed by atoms with E-state index in [1.54, 1.807) is 0 Å². The monoisotopic (exact) mass is 136 g/mol. The summed E-state index contributed by atoms with van der Waals surface area (Å²) >= 11 is 0. The molecule has 1 rings (SSSR count). The maximum atomic E-state index is 2.32. The van der Waals surface area contributed by atoms with Crippen molar-refractivity contribution in [2.24, 2.45) is 11.3 Å².